The Labute approximate surface area is 133 Å². The molecule has 0 unspecified atom stereocenters. The first-order chi connectivity index (χ1) is 10.7. The number of aryl methyl sites for hydroxylation is 1. The van der Waals surface area contributed by atoms with E-state index in [1.54, 1.807) is 0 Å². The molecule has 0 amide bonds. The summed E-state index contributed by atoms with van der Waals surface area (Å²) in [7, 11) is 0. The molecule has 22 heavy (non-hydrogen) atoms. The van der Waals surface area contributed by atoms with Gasteiger partial charge in [-0.1, -0.05) is 91.4 Å². The predicted molar refractivity (Wildman–Crippen MR) is 95.8 cm³/mol. The van der Waals surface area contributed by atoms with Crippen LogP contribution in [-0.4, -0.2) is 0 Å². The van der Waals surface area contributed by atoms with Gasteiger partial charge in [0.25, 0.3) is 0 Å². The van der Waals surface area contributed by atoms with Crippen LogP contribution in [0.4, 0.5) is 0 Å². The Morgan fingerprint density at radius 3 is 2.45 bits per heavy atom. The van der Waals surface area contributed by atoms with E-state index in [9.17, 15) is 0 Å². The molecule has 0 N–H and O–H groups in total. The average molecular weight is 286 g/mol. The Hall–Kier alpha value is -2.34. The van der Waals surface area contributed by atoms with Gasteiger partial charge in [-0.05, 0) is 41.5 Å². The van der Waals surface area contributed by atoms with Crippen LogP contribution in [0.5, 0.6) is 0 Å². The van der Waals surface area contributed by atoms with Crippen molar-refractivity contribution in [2.75, 3.05) is 0 Å². The number of hydrogen-bond donors (Lipinski definition) is 0. The average Bonchev–Trinajstić information content (AvgIpc) is 2.55. The van der Waals surface area contributed by atoms with Gasteiger partial charge in [-0.15, -0.1) is 0 Å². The second kappa shape index (κ2) is 6.62. The van der Waals surface area contributed by atoms with E-state index in [4.69, 9.17) is 0 Å². The van der Waals surface area contributed by atoms with Crippen molar-refractivity contribution < 1.29 is 0 Å². The third-order valence-corrected chi connectivity index (χ3v) is 4.12. The molecule has 2 aromatic carbocycles. The number of benzene rings is 2. The maximum Gasteiger partial charge on any atom is -0.00604 e. The molecule has 0 heteroatoms. The highest BCUT2D eigenvalue weighted by molar-refractivity contribution is 5.79. The zero-order valence-electron chi connectivity index (χ0n) is 13.2. The molecule has 1 aliphatic carbocycles. The number of allylic oxidation sites excluding steroid dienone is 5. The summed E-state index contributed by atoms with van der Waals surface area (Å²) in [5, 5.41) is 0. The highest BCUT2D eigenvalue weighted by atomic mass is 14.2. The fraction of sp³-hybridized carbons (Fsp3) is 0.182. The summed E-state index contributed by atoms with van der Waals surface area (Å²) in [5.74, 6) is 0. The van der Waals surface area contributed by atoms with Crippen molar-refractivity contribution in [3.8, 4) is 0 Å². The molecule has 0 radical (unpaired) electrons. The van der Waals surface area contributed by atoms with Crippen LogP contribution in [0.25, 0.3) is 5.57 Å². The van der Waals surface area contributed by atoms with Crippen LogP contribution >= 0.6 is 0 Å². The second-order valence-corrected chi connectivity index (χ2v) is 5.95. The molecule has 0 aliphatic heterocycles. The van der Waals surface area contributed by atoms with E-state index in [1.807, 2.05) is 0 Å². The summed E-state index contributed by atoms with van der Waals surface area (Å²) in [5.41, 5.74) is 7.97. The van der Waals surface area contributed by atoms with Gasteiger partial charge < -0.3 is 0 Å². The van der Waals surface area contributed by atoms with E-state index >= 15 is 0 Å². The fourth-order valence-electron chi connectivity index (χ4n) is 2.98. The van der Waals surface area contributed by atoms with Crippen LogP contribution < -0.4 is 0 Å². The van der Waals surface area contributed by atoms with Gasteiger partial charge in [0.05, 0.1) is 0 Å². The molecular formula is C22H22. The molecule has 1 aliphatic rings. The molecule has 0 aromatic heterocycles. The molecule has 0 nitrogen and oxygen atoms in total. The fourth-order valence-corrected chi connectivity index (χ4v) is 2.98. The topological polar surface area (TPSA) is 0 Å². The Bertz CT molecular complexity index is 730. The van der Waals surface area contributed by atoms with Crippen LogP contribution in [0.1, 0.15) is 30.0 Å². The molecular weight excluding hydrogens is 264 g/mol. The molecule has 0 bridgehead atoms. The largest absolute Gasteiger partial charge is 0.0955 e. The van der Waals surface area contributed by atoms with Crippen molar-refractivity contribution in [1.29, 1.82) is 0 Å². The third-order valence-electron chi connectivity index (χ3n) is 4.12. The van der Waals surface area contributed by atoms with Gasteiger partial charge in [0, 0.05) is 0 Å². The minimum Gasteiger partial charge on any atom is -0.0955 e. The van der Waals surface area contributed by atoms with Crippen molar-refractivity contribution in [3.05, 3.63) is 101 Å². The van der Waals surface area contributed by atoms with Gasteiger partial charge >= 0.3 is 0 Å². The standard InChI is InChI=1S/C22H22/c1-3-18-10-7-11-21(15-18)22-13-17(2)12-20(16-22)14-19-8-5-4-6-9-19/h4-11,13,15-16H,2-3,12,14H2,1H3. The second-order valence-electron chi connectivity index (χ2n) is 5.95. The highest BCUT2D eigenvalue weighted by Gasteiger charge is 2.10. The van der Waals surface area contributed by atoms with Gasteiger partial charge in [-0.2, -0.15) is 0 Å². The van der Waals surface area contributed by atoms with Crippen LogP contribution in [0.15, 0.2) is 84.5 Å². The smallest absolute Gasteiger partial charge is 0.00604 e. The summed E-state index contributed by atoms with van der Waals surface area (Å²) in [6, 6.07) is 19.5. The molecule has 2 aromatic rings. The lowest BCUT2D eigenvalue weighted by Crippen LogP contribution is -1.99. The van der Waals surface area contributed by atoms with Gasteiger partial charge in [0.1, 0.15) is 0 Å². The first-order valence-electron chi connectivity index (χ1n) is 7.97. The van der Waals surface area contributed by atoms with E-state index in [0.29, 0.717) is 0 Å². The van der Waals surface area contributed by atoms with Crippen molar-refractivity contribution in [1.82, 2.24) is 0 Å². The van der Waals surface area contributed by atoms with E-state index in [2.05, 4.69) is 80.3 Å². The minimum absolute atomic E-state index is 0.978. The van der Waals surface area contributed by atoms with Crippen LogP contribution in [0.3, 0.4) is 0 Å². The molecule has 0 spiro atoms. The summed E-state index contributed by atoms with van der Waals surface area (Å²) in [6.45, 7) is 6.41. The van der Waals surface area contributed by atoms with Crippen molar-refractivity contribution in [3.63, 3.8) is 0 Å². The Kier molecular flexibility index (Phi) is 4.39. The zero-order valence-corrected chi connectivity index (χ0v) is 13.2. The lowest BCUT2D eigenvalue weighted by Gasteiger charge is -2.17. The lowest BCUT2D eigenvalue weighted by molar-refractivity contribution is 1.03. The third kappa shape index (κ3) is 3.46. The van der Waals surface area contributed by atoms with E-state index in [-0.39, 0.29) is 0 Å². The Balaban J connectivity index is 1.89. The molecule has 0 heterocycles. The Morgan fingerprint density at radius 1 is 0.909 bits per heavy atom. The van der Waals surface area contributed by atoms with Crippen LogP contribution in [0, 0.1) is 0 Å². The quantitative estimate of drug-likeness (QED) is 0.670. The monoisotopic (exact) mass is 286 g/mol. The summed E-state index contributed by atoms with van der Waals surface area (Å²) < 4.78 is 0. The van der Waals surface area contributed by atoms with Crippen molar-refractivity contribution >= 4 is 5.57 Å². The van der Waals surface area contributed by atoms with Crippen molar-refractivity contribution in [2.24, 2.45) is 0 Å². The van der Waals surface area contributed by atoms with Crippen LogP contribution in [0.2, 0.25) is 0 Å². The highest BCUT2D eigenvalue weighted by Crippen LogP contribution is 2.30. The molecule has 110 valence electrons. The van der Waals surface area contributed by atoms with Crippen molar-refractivity contribution in [2.45, 2.75) is 26.2 Å². The minimum atomic E-state index is 0.978. The van der Waals surface area contributed by atoms with E-state index in [0.717, 1.165) is 19.3 Å². The van der Waals surface area contributed by atoms with Gasteiger partial charge in [0.15, 0.2) is 0 Å². The van der Waals surface area contributed by atoms with Gasteiger partial charge in [-0.25, -0.2) is 0 Å². The molecule has 0 fully saturated rings. The summed E-state index contributed by atoms with van der Waals surface area (Å²) in [6.07, 6.45) is 7.62. The maximum absolute atomic E-state index is 4.21. The first-order valence-corrected chi connectivity index (χ1v) is 7.97. The lowest BCUT2D eigenvalue weighted by atomic mass is 9.88. The first kappa shape index (κ1) is 14.6. The summed E-state index contributed by atoms with van der Waals surface area (Å²) in [4.78, 5) is 0. The van der Waals surface area contributed by atoms with Crippen LogP contribution in [-0.2, 0) is 12.8 Å². The number of rotatable bonds is 4. The number of hydrogen-bond acceptors (Lipinski definition) is 0. The zero-order chi connectivity index (χ0) is 15.4. The Morgan fingerprint density at radius 2 is 1.68 bits per heavy atom. The maximum atomic E-state index is 4.21. The van der Waals surface area contributed by atoms with Gasteiger partial charge in [0.2, 0.25) is 0 Å². The molecule has 0 saturated heterocycles. The molecule has 0 atom stereocenters. The van der Waals surface area contributed by atoms with E-state index < -0.39 is 0 Å². The SMILES string of the molecule is C=C1C=C(c2cccc(CC)c2)C=C(Cc2ccccc2)C1. The molecule has 3 rings (SSSR count). The van der Waals surface area contributed by atoms with Gasteiger partial charge in [-0.3, -0.25) is 0 Å². The predicted octanol–water partition coefficient (Wildman–Crippen LogP) is 5.76. The molecule has 0 saturated carbocycles. The van der Waals surface area contributed by atoms with E-state index in [1.165, 1.54) is 33.4 Å². The summed E-state index contributed by atoms with van der Waals surface area (Å²) >= 11 is 0. The normalized spacial score (nSPS) is 14.5.